The van der Waals surface area contributed by atoms with Gasteiger partial charge in [0.15, 0.2) is 0 Å². The van der Waals surface area contributed by atoms with E-state index in [1.807, 2.05) is 51.1 Å². The molecule has 3 rings (SSSR count). The van der Waals surface area contributed by atoms with Gasteiger partial charge >= 0.3 is 0 Å². The van der Waals surface area contributed by atoms with Crippen molar-refractivity contribution in [3.05, 3.63) is 59.5 Å². The van der Waals surface area contributed by atoms with E-state index in [1.165, 1.54) is 28.8 Å². The first-order chi connectivity index (χ1) is 16.9. The minimum Gasteiger partial charge on any atom is -0.398 e. The number of nitrogens with zero attached hydrogens (tertiary/aromatic N) is 1. The van der Waals surface area contributed by atoms with Gasteiger partial charge in [0.1, 0.15) is 10.9 Å². The maximum Gasteiger partial charge on any atom is 0.262 e. The Hall–Kier alpha value is -2.95. The molecular weight excluding hydrogens is 496 g/mol. The summed E-state index contributed by atoms with van der Waals surface area (Å²) < 4.78 is 27.8. The van der Waals surface area contributed by atoms with Crippen LogP contribution in [0.4, 0.5) is 5.69 Å². The molecule has 0 aliphatic carbocycles. The van der Waals surface area contributed by atoms with E-state index in [0.717, 1.165) is 10.1 Å². The molecule has 0 unspecified atom stereocenters. The number of nitrogens with two attached hydrogens (primary N) is 1. The molecule has 0 radical (unpaired) electrons. The topological polar surface area (TPSA) is 122 Å². The molecule has 8 nitrogen and oxygen atoms in total. The summed E-state index contributed by atoms with van der Waals surface area (Å²) in [4.78, 5) is 26.6. The molecule has 10 heteroatoms. The van der Waals surface area contributed by atoms with Gasteiger partial charge in [0.25, 0.3) is 5.91 Å². The molecule has 0 aliphatic rings. The summed E-state index contributed by atoms with van der Waals surface area (Å²) in [6.45, 7) is 6.49. The van der Waals surface area contributed by atoms with Crippen LogP contribution in [0, 0.1) is 5.41 Å². The highest BCUT2D eigenvalue weighted by Gasteiger charge is 2.28. The molecule has 36 heavy (non-hydrogen) atoms. The van der Waals surface area contributed by atoms with Crippen molar-refractivity contribution >= 4 is 48.9 Å². The lowest BCUT2D eigenvalue weighted by molar-refractivity contribution is -0.123. The Labute approximate surface area is 216 Å². The Morgan fingerprint density at radius 1 is 1.08 bits per heavy atom. The van der Waals surface area contributed by atoms with Gasteiger partial charge in [0, 0.05) is 24.8 Å². The number of benzene rings is 2. The molecule has 0 bridgehead atoms. The second kappa shape index (κ2) is 11.4. The molecular formula is C26H34N4O4S2. The summed E-state index contributed by atoms with van der Waals surface area (Å²) in [5, 5.41) is 6.73. The predicted octanol–water partition coefficient (Wildman–Crippen LogP) is 3.85. The molecule has 0 fully saturated rings. The number of carbonyl (C=O) groups is 2. The molecule has 2 amide bonds. The zero-order valence-electron chi connectivity index (χ0n) is 21.1. The number of fused-ring (bicyclic) bond motifs is 1. The molecule has 2 aromatic carbocycles. The summed E-state index contributed by atoms with van der Waals surface area (Å²) in [5.74, 6) is -0.580. The summed E-state index contributed by atoms with van der Waals surface area (Å²) >= 11 is 1.39. The van der Waals surface area contributed by atoms with Crippen molar-refractivity contribution in [2.75, 3.05) is 25.9 Å². The van der Waals surface area contributed by atoms with Gasteiger partial charge in [-0.15, -0.1) is 11.3 Å². The van der Waals surface area contributed by atoms with Crippen LogP contribution in [-0.2, 0) is 14.8 Å². The first kappa shape index (κ1) is 27.6. The van der Waals surface area contributed by atoms with Crippen LogP contribution in [0.25, 0.3) is 10.1 Å². The quantitative estimate of drug-likeness (QED) is 0.272. The number of hydrogen-bond acceptors (Lipinski definition) is 6. The van der Waals surface area contributed by atoms with Gasteiger partial charge in [-0.3, -0.25) is 9.59 Å². The molecule has 0 saturated heterocycles. The third-order valence-electron chi connectivity index (χ3n) is 5.64. The van der Waals surface area contributed by atoms with Crippen molar-refractivity contribution in [3.8, 4) is 0 Å². The van der Waals surface area contributed by atoms with E-state index in [-0.39, 0.29) is 40.9 Å². The van der Waals surface area contributed by atoms with Gasteiger partial charge < -0.3 is 16.4 Å². The summed E-state index contributed by atoms with van der Waals surface area (Å²) in [6.07, 6.45) is 0.859. The molecule has 4 N–H and O–H groups in total. The van der Waals surface area contributed by atoms with E-state index >= 15 is 0 Å². The SMILES string of the molecule is CN(CCCNC(=O)[C@H](CC(C)(C)C)NC(=O)c1cc2ccccc2s1)S(=O)(=O)c1ccccc1N. The smallest absolute Gasteiger partial charge is 0.262 e. The van der Waals surface area contributed by atoms with E-state index in [0.29, 0.717) is 17.7 Å². The van der Waals surface area contributed by atoms with Crippen LogP contribution in [0.3, 0.4) is 0 Å². The predicted molar refractivity (Wildman–Crippen MR) is 145 cm³/mol. The largest absolute Gasteiger partial charge is 0.398 e. The number of nitrogens with one attached hydrogen (secondary N) is 2. The zero-order valence-corrected chi connectivity index (χ0v) is 22.7. The maximum atomic E-state index is 13.0. The van der Waals surface area contributed by atoms with E-state index in [2.05, 4.69) is 10.6 Å². The minimum atomic E-state index is -3.73. The standard InChI is InChI=1S/C26H34N4O4S2/c1-26(2,3)17-20(29-25(32)22-16-18-10-5-7-12-21(18)35-22)24(31)28-14-9-15-30(4)36(33,34)23-13-8-6-11-19(23)27/h5-8,10-13,16,20H,9,14-15,17,27H2,1-4H3,(H,28,31)(H,29,32)/t20-/m0/s1. The molecule has 1 heterocycles. The number of thiophene rings is 1. The highest BCUT2D eigenvalue weighted by atomic mass is 32.2. The third kappa shape index (κ3) is 7.05. The first-order valence-corrected chi connectivity index (χ1v) is 14.0. The van der Waals surface area contributed by atoms with E-state index < -0.39 is 16.1 Å². The lowest BCUT2D eigenvalue weighted by atomic mass is 9.87. The van der Waals surface area contributed by atoms with Gasteiger partial charge in [-0.25, -0.2) is 12.7 Å². The average Bonchev–Trinajstić information content (AvgIpc) is 3.25. The molecule has 194 valence electrons. The normalized spacial score (nSPS) is 13.0. The van der Waals surface area contributed by atoms with Crippen LogP contribution < -0.4 is 16.4 Å². The Bertz CT molecular complexity index is 1300. The Kier molecular flexibility index (Phi) is 8.76. The summed E-state index contributed by atoms with van der Waals surface area (Å²) in [7, 11) is -2.25. The molecule has 0 spiro atoms. The van der Waals surface area contributed by atoms with Crippen molar-refractivity contribution in [3.63, 3.8) is 0 Å². The molecule has 1 atom stereocenters. The van der Waals surface area contributed by atoms with E-state index in [9.17, 15) is 18.0 Å². The Morgan fingerprint density at radius 2 is 1.75 bits per heavy atom. The van der Waals surface area contributed by atoms with Crippen LogP contribution in [-0.4, -0.2) is 50.7 Å². The lowest BCUT2D eigenvalue weighted by Crippen LogP contribution is -2.48. The number of nitrogen functional groups attached to an aromatic ring is 1. The summed E-state index contributed by atoms with van der Waals surface area (Å²) in [5.41, 5.74) is 5.83. The van der Waals surface area contributed by atoms with Gasteiger partial charge in [-0.2, -0.15) is 0 Å². The number of sulfonamides is 1. The Balaban J connectivity index is 1.58. The van der Waals surface area contributed by atoms with Crippen molar-refractivity contribution in [2.24, 2.45) is 5.41 Å². The third-order valence-corrected chi connectivity index (χ3v) is 8.69. The highest BCUT2D eigenvalue weighted by molar-refractivity contribution is 7.89. The Morgan fingerprint density at radius 3 is 2.42 bits per heavy atom. The van der Waals surface area contributed by atoms with E-state index in [4.69, 9.17) is 5.73 Å². The molecule has 0 aliphatic heterocycles. The fourth-order valence-corrected chi connectivity index (χ4v) is 6.07. The van der Waals surface area contributed by atoms with Gasteiger partial charge in [-0.05, 0) is 47.9 Å². The monoisotopic (exact) mass is 530 g/mol. The first-order valence-electron chi connectivity index (χ1n) is 11.8. The number of hydrogen-bond donors (Lipinski definition) is 3. The summed E-state index contributed by atoms with van der Waals surface area (Å²) in [6, 6.07) is 15.2. The minimum absolute atomic E-state index is 0.0609. The van der Waals surface area contributed by atoms with Crippen molar-refractivity contribution in [2.45, 2.75) is 44.6 Å². The molecule has 3 aromatic rings. The maximum absolute atomic E-state index is 13.0. The fourth-order valence-electron chi connectivity index (χ4n) is 3.78. The second-order valence-electron chi connectivity index (χ2n) is 9.95. The number of carbonyl (C=O) groups excluding carboxylic acids is 2. The second-order valence-corrected chi connectivity index (χ2v) is 13.0. The number of para-hydroxylation sites is 1. The lowest BCUT2D eigenvalue weighted by Gasteiger charge is -2.26. The highest BCUT2D eigenvalue weighted by Crippen LogP contribution is 2.26. The molecule has 1 aromatic heterocycles. The van der Waals surface area contributed by atoms with Crippen molar-refractivity contribution in [1.29, 1.82) is 0 Å². The van der Waals surface area contributed by atoms with Crippen LogP contribution in [0.15, 0.2) is 59.5 Å². The van der Waals surface area contributed by atoms with Crippen LogP contribution in [0.1, 0.15) is 43.3 Å². The van der Waals surface area contributed by atoms with Crippen molar-refractivity contribution < 1.29 is 18.0 Å². The van der Waals surface area contributed by atoms with Crippen LogP contribution in [0.2, 0.25) is 0 Å². The molecule has 0 saturated carbocycles. The van der Waals surface area contributed by atoms with Gasteiger partial charge in [0.2, 0.25) is 15.9 Å². The van der Waals surface area contributed by atoms with Gasteiger partial charge in [-0.1, -0.05) is 51.1 Å². The number of rotatable bonds is 10. The number of amides is 2. The zero-order chi connectivity index (χ0) is 26.5. The van der Waals surface area contributed by atoms with Crippen LogP contribution >= 0.6 is 11.3 Å². The van der Waals surface area contributed by atoms with Crippen LogP contribution in [0.5, 0.6) is 0 Å². The van der Waals surface area contributed by atoms with Crippen molar-refractivity contribution in [1.82, 2.24) is 14.9 Å². The fraction of sp³-hybridized carbons (Fsp3) is 0.385. The number of anilines is 1. The van der Waals surface area contributed by atoms with E-state index in [1.54, 1.807) is 18.2 Å². The van der Waals surface area contributed by atoms with Gasteiger partial charge in [0.05, 0.1) is 10.6 Å². The average molecular weight is 531 g/mol.